The van der Waals surface area contributed by atoms with E-state index in [1.165, 1.54) is 5.56 Å². The molecular weight excluding hydrogens is 222 g/mol. The van der Waals surface area contributed by atoms with Crippen LogP contribution in [0, 0.1) is 0 Å². The fraction of sp³-hybridized carbons (Fsp3) is 0.250. The van der Waals surface area contributed by atoms with Crippen molar-refractivity contribution in [2.24, 2.45) is 0 Å². The molecule has 2 heteroatoms. The average molecular weight is 241 g/mol. The summed E-state index contributed by atoms with van der Waals surface area (Å²) < 4.78 is 5.53. The fourth-order valence-corrected chi connectivity index (χ4v) is 2.03. The van der Waals surface area contributed by atoms with E-state index in [1.54, 1.807) is 6.26 Å². The van der Waals surface area contributed by atoms with Gasteiger partial charge in [0, 0.05) is 6.54 Å². The maximum atomic E-state index is 5.53. The standard InChI is InChI=1S/C16H19NO/c1-3-11-16(2,15-10-7-12-18-15)17-13-14-8-5-4-6-9-14/h3-10,12,17H,1,11,13H2,2H3/t16-/m0/s1. The van der Waals surface area contributed by atoms with E-state index < -0.39 is 0 Å². The molecule has 0 aliphatic rings. The van der Waals surface area contributed by atoms with Gasteiger partial charge in [0.05, 0.1) is 11.8 Å². The third kappa shape index (κ3) is 2.90. The van der Waals surface area contributed by atoms with Crippen molar-refractivity contribution in [3.05, 3.63) is 72.7 Å². The summed E-state index contributed by atoms with van der Waals surface area (Å²) in [5, 5.41) is 3.55. The molecule has 94 valence electrons. The molecule has 0 radical (unpaired) electrons. The number of nitrogens with one attached hydrogen (secondary N) is 1. The zero-order valence-electron chi connectivity index (χ0n) is 10.7. The van der Waals surface area contributed by atoms with E-state index in [0.29, 0.717) is 0 Å². The minimum absolute atomic E-state index is 0.207. The van der Waals surface area contributed by atoms with E-state index in [9.17, 15) is 0 Å². The molecule has 2 rings (SSSR count). The third-order valence-electron chi connectivity index (χ3n) is 3.14. The molecule has 1 aromatic carbocycles. The first-order valence-corrected chi connectivity index (χ1v) is 6.18. The lowest BCUT2D eigenvalue weighted by molar-refractivity contribution is 0.294. The second-order valence-corrected chi connectivity index (χ2v) is 4.64. The van der Waals surface area contributed by atoms with Crippen molar-refractivity contribution in [3.8, 4) is 0 Å². The van der Waals surface area contributed by atoms with Gasteiger partial charge in [0.25, 0.3) is 0 Å². The highest BCUT2D eigenvalue weighted by atomic mass is 16.3. The van der Waals surface area contributed by atoms with Crippen molar-refractivity contribution in [2.75, 3.05) is 0 Å². The minimum atomic E-state index is -0.207. The predicted molar refractivity (Wildman–Crippen MR) is 74.2 cm³/mol. The molecule has 0 spiro atoms. The van der Waals surface area contributed by atoms with Gasteiger partial charge in [-0.25, -0.2) is 0 Å². The van der Waals surface area contributed by atoms with Crippen LogP contribution in [0.15, 0.2) is 65.8 Å². The lowest BCUT2D eigenvalue weighted by Gasteiger charge is -2.28. The number of hydrogen-bond donors (Lipinski definition) is 1. The molecule has 18 heavy (non-hydrogen) atoms. The average Bonchev–Trinajstić information content (AvgIpc) is 2.93. The molecular formula is C16H19NO. The molecule has 0 unspecified atom stereocenters. The second-order valence-electron chi connectivity index (χ2n) is 4.64. The number of rotatable bonds is 6. The Kier molecular flexibility index (Phi) is 4.00. The fourth-order valence-electron chi connectivity index (χ4n) is 2.03. The molecule has 1 N–H and O–H groups in total. The van der Waals surface area contributed by atoms with Crippen LogP contribution >= 0.6 is 0 Å². The van der Waals surface area contributed by atoms with Crippen molar-refractivity contribution in [2.45, 2.75) is 25.4 Å². The summed E-state index contributed by atoms with van der Waals surface area (Å²) in [5.41, 5.74) is 1.06. The lowest BCUT2D eigenvalue weighted by Crippen LogP contribution is -2.38. The largest absolute Gasteiger partial charge is 0.467 e. The molecule has 1 heterocycles. The smallest absolute Gasteiger partial charge is 0.123 e. The van der Waals surface area contributed by atoms with Crippen LogP contribution < -0.4 is 5.32 Å². The summed E-state index contributed by atoms with van der Waals surface area (Å²) in [6.45, 7) is 6.78. The van der Waals surface area contributed by atoms with Crippen LogP contribution in [0.4, 0.5) is 0 Å². The highest BCUT2D eigenvalue weighted by Gasteiger charge is 2.27. The van der Waals surface area contributed by atoms with E-state index in [2.05, 4.69) is 43.1 Å². The van der Waals surface area contributed by atoms with Crippen LogP contribution in [0.1, 0.15) is 24.7 Å². The number of furan rings is 1. The summed E-state index contributed by atoms with van der Waals surface area (Å²) in [6, 6.07) is 14.3. The molecule has 0 fully saturated rings. The Bertz CT molecular complexity index is 475. The summed E-state index contributed by atoms with van der Waals surface area (Å²) in [6.07, 6.45) is 4.45. The van der Waals surface area contributed by atoms with Gasteiger partial charge >= 0.3 is 0 Å². The van der Waals surface area contributed by atoms with Gasteiger partial charge in [-0.05, 0) is 31.0 Å². The maximum absolute atomic E-state index is 5.53. The molecule has 0 amide bonds. The Balaban J connectivity index is 2.09. The van der Waals surface area contributed by atoms with Crippen LogP contribution in [0.2, 0.25) is 0 Å². The van der Waals surface area contributed by atoms with Crippen LogP contribution in [0.5, 0.6) is 0 Å². The highest BCUT2D eigenvalue weighted by molar-refractivity contribution is 5.17. The molecule has 1 aromatic heterocycles. The van der Waals surface area contributed by atoms with E-state index >= 15 is 0 Å². The van der Waals surface area contributed by atoms with Gasteiger partial charge in [-0.1, -0.05) is 36.4 Å². The quantitative estimate of drug-likeness (QED) is 0.777. The molecule has 0 bridgehead atoms. The minimum Gasteiger partial charge on any atom is -0.467 e. The highest BCUT2D eigenvalue weighted by Crippen LogP contribution is 2.26. The first-order chi connectivity index (χ1) is 8.74. The Hall–Kier alpha value is -1.80. The van der Waals surface area contributed by atoms with E-state index in [1.807, 2.05) is 24.3 Å². The van der Waals surface area contributed by atoms with Crippen LogP contribution in [-0.2, 0) is 12.1 Å². The molecule has 0 saturated heterocycles. The number of hydrogen-bond acceptors (Lipinski definition) is 2. The molecule has 0 aliphatic heterocycles. The van der Waals surface area contributed by atoms with Gasteiger partial charge in [0.1, 0.15) is 5.76 Å². The van der Waals surface area contributed by atoms with Crippen molar-refractivity contribution in [1.82, 2.24) is 5.32 Å². The Morgan fingerprint density at radius 2 is 2.00 bits per heavy atom. The van der Waals surface area contributed by atoms with E-state index in [4.69, 9.17) is 4.42 Å². The lowest BCUT2D eigenvalue weighted by atomic mass is 9.94. The maximum Gasteiger partial charge on any atom is 0.123 e. The van der Waals surface area contributed by atoms with E-state index in [0.717, 1.165) is 18.7 Å². The normalized spacial score (nSPS) is 14.1. The van der Waals surface area contributed by atoms with Gasteiger partial charge in [-0.15, -0.1) is 6.58 Å². The van der Waals surface area contributed by atoms with Crippen molar-refractivity contribution in [3.63, 3.8) is 0 Å². The molecule has 2 nitrogen and oxygen atoms in total. The summed E-state index contributed by atoms with van der Waals surface area (Å²) >= 11 is 0. The summed E-state index contributed by atoms with van der Waals surface area (Å²) in [7, 11) is 0. The Morgan fingerprint density at radius 3 is 2.61 bits per heavy atom. The van der Waals surface area contributed by atoms with Crippen molar-refractivity contribution < 1.29 is 4.42 Å². The van der Waals surface area contributed by atoms with Crippen molar-refractivity contribution >= 4 is 0 Å². The zero-order valence-corrected chi connectivity index (χ0v) is 10.7. The van der Waals surface area contributed by atoms with Crippen LogP contribution in [0.25, 0.3) is 0 Å². The van der Waals surface area contributed by atoms with Crippen LogP contribution in [0.3, 0.4) is 0 Å². The zero-order chi connectivity index (χ0) is 12.8. The van der Waals surface area contributed by atoms with Gasteiger partial charge in [-0.2, -0.15) is 0 Å². The summed E-state index contributed by atoms with van der Waals surface area (Å²) in [5.74, 6) is 0.943. The van der Waals surface area contributed by atoms with Gasteiger partial charge in [0.2, 0.25) is 0 Å². The Labute approximate surface area is 108 Å². The molecule has 0 aliphatic carbocycles. The second kappa shape index (κ2) is 5.69. The third-order valence-corrected chi connectivity index (χ3v) is 3.14. The van der Waals surface area contributed by atoms with Crippen LogP contribution in [-0.4, -0.2) is 0 Å². The Morgan fingerprint density at radius 1 is 1.22 bits per heavy atom. The molecule has 2 aromatic rings. The van der Waals surface area contributed by atoms with Gasteiger partial charge in [-0.3, -0.25) is 0 Å². The SMILES string of the molecule is C=CC[C@](C)(NCc1ccccc1)c1ccco1. The number of benzene rings is 1. The first kappa shape index (κ1) is 12.7. The van der Waals surface area contributed by atoms with Gasteiger partial charge < -0.3 is 9.73 Å². The first-order valence-electron chi connectivity index (χ1n) is 6.18. The molecule has 1 atom stereocenters. The summed E-state index contributed by atoms with van der Waals surface area (Å²) in [4.78, 5) is 0. The topological polar surface area (TPSA) is 25.2 Å². The monoisotopic (exact) mass is 241 g/mol. The predicted octanol–water partition coefficient (Wildman–Crippen LogP) is 3.86. The van der Waals surface area contributed by atoms with E-state index in [-0.39, 0.29) is 5.54 Å². The molecule has 0 saturated carbocycles. The van der Waals surface area contributed by atoms with Crippen molar-refractivity contribution in [1.29, 1.82) is 0 Å². The van der Waals surface area contributed by atoms with Gasteiger partial charge in [0.15, 0.2) is 0 Å².